The van der Waals surface area contributed by atoms with Crippen LogP contribution in [-0.2, 0) is 4.79 Å². The Morgan fingerprint density at radius 2 is 1.68 bits per heavy atom. The predicted molar refractivity (Wildman–Crippen MR) is 90.1 cm³/mol. The minimum atomic E-state index is -0.640. The van der Waals surface area contributed by atoms with E-state index < -0.39 is 11.6 Å². The number of H-pyrrole nitrogens is 1. The molecule has 1 heterocycles. The summed E-state index contributed by atoms with van der Waals surface area (Å²) in [5.74, 6) is -1.50. The Hall–Kier alpha value is -2.76. The Balaban J connectivity index is 0.000000219. The Morgan fingerprint density at radius 1 is 1.00 bits per heavy atom. The molecule has 1 aliphatic rings. The van der Waals surface area contributed by atoms with Crippen molar-refractivity contribution in [1.29, 1.82) is 0 Å². The lowest BCUT2D eigenvalue weighted by molar-refractivity contribution is -0.124. The van der Waals surface area contributed by atoms with Crippen LogP contribution in [0.1, 0.15) is 19.3 Å². The smallest absolute Gasteiger partial charge is 0.220 e. The number of aromatic amines is 1. The van der Waals surface area contributed by atoms with Gasteiger partial charge in [0, 0.05) is 23.1 Å². The maximum atomic E-state index is 13.5. The molecule has 3 N–H and O–H groups in total. The highest BCUT2D eigenvalue weighted by Gasteiger charge is 2.21. The van der Waals surface area contributed by atoms with E-state index in [0.29, 0.717) is 16.6 Å². The van der Waals surface area contributed by atoms with Crippen molar-refractivity contribution in [3.05, 3.63) is 59.9 Å². The van der Waals surface area contributed by atoms with Gasteiger partial charge in [-0.2, -0.15) is 0 Å². The molecule has 1 aromatic heterocycles. The molecule has 25 heavy (non-hydrogen) atoms. The minimum absolute atomic E-state index is 0.119. The topological polar surface area (TPSA) is 58.9 Å². The number of primary amides is 1. The summed E-state index contributed by atoms with van der Waals surface area (Å²) in [6, 6.07) is 9.50. The summed E-state index contributed by atoms with van der Waals surface area (Å²) in [4.78, 5) is 13.1. The van der Waals surface area contributed by atoms with Gasteiger partial charge in [-0.3, -0.25) is 4.79 Å². The normalized spacial score (nSPS) is 13.9. The second-order valence-electron chi connectivity index (χ2n) is 6.07. The minimum Gasteiger partial charge on any atom is -0.369 e. The Labute approximate surface area is 142 Å². The van der Waals surface area contributed by atoms with Crippen LogP contribution in [0.25, 0.3) is 22.2 Å². The third kappa shape index (κ3) is 3.84. The molecule has 0 radical (unpaired) electrons. The van der Waals surface area contributed by atoms with Crippen molar-refractivity contribution < 1.29 is 18.0 Å². The molecular formula is C19H17F3N2O. The van der Waals surface area contributed by atoms with Crippen molar-refractivity contribution in [2.75, 3.05) is 0 Å². The van der Waals surface area contributed by atoms with Gasteiger partial charge in [0.15, 0.2) is 0 Å². The molecule has 1 fully saturated rings. The van der Waals surface area contributed by atoms with Gasteiger partial charge < -0.3 is 10.7 Å². The fourth-order valence-corrected chi connectivity index (χ4v) is 2.64. The molecule has 6 heteroatoms. The van der Waals surface area contributed by atoms with Gasteiger partial charge in [0.05, 0.1) is 5.52 Å². The third-order valence-electron chi connectivity index (χ3n) is 4.31. The van der Waals surface area contributed by atoms with E-state index >= 15 is 0 Å². The van der Waals surface area contributed by atoms with Crippen LogP contribution in [-0.4, -0.2) is 10.9 Å². The number of fused-ring (bicyclic) bond motifs is 1. The zero-order valence-electron chi connectivity index (χ0n) is 13.4. The average molecular weight is 346 g/mol. The van der Waals surface area contributed by atoms with Crippen molar-refractivity contribution in [3.8, 4) is 11.3 Å². The van der Waals surface area contributed by atoms with E-state index in [0.717, 1.165) is 18.9 Å². The van der Waals surface area contributed by atoms with Crippen LogP contribution in [0, 0.1) is 23.4 Å². The number of carbonyl (C=O) groups is 1. The molecule has 0 aliphatic heterocycles. The van der Waals surface area contributed by atoms with Gasteiger partial charge in [0.1, 0.15) is 17.5 Å². The molecule has 0 unspecified atom stereocenters. The Bertz CT molecular complexity index is 899. The summed E-state index contributed by atoms with van der Waals surface area (Å²) in [6.07, 6.45) is 3.23. The van der Waals surface area contributed by atoms with Crippen LogP contribution in [0.3, 0.4) is 0 Å². The third-order valence-corrected chi connectivity index (χ3v) is 4.31. The quantitative estimate of drug-likeness (QED) is 0.704. The first-order chi connectivity index (χ1) is 11.9. The lowest BCUT2D eigenvalue weighted by Gasteiger charge is -2.20. The van der Waals surface area contributed by atoms with E-state index in [4.69, 9.17) is 5.73 Å². The number of aromatic nitrogens is 1. The number of carbonyl (C=O) groups excluding carboxylic acids is 1. The van der Waals surface area contributed by atoms with Gasteiger partial charge >= 0.3 is 0 Å². The first kappa shape index (κ1) is 17.1. The standard InChI is InChI=1S/C14H8F3N.C5H9NO/c15-10-3-1-8(2-4-10)13-6-9-5-11(16)7-12(17)14(9)18-13;6-5(7)4-2-1-3-4/h1-7,18H;4H,1-3H2,(H2,6,7). The lowest BCUT2D eigenvalue weighted by Crippen LogP contribution is -2.28. The van der Waals surface area contributed by atoms with Crippen molar-refractivity contribution in [2.45, 2.75) is 19.3 Å². The monoisotopic (exact) mass is 346 g/mol. The molecule has 0 atom stereocenters. The number of nitrogens with two attached hydrogens (primary N) is 1. The van der Waals surface area contributed by atoms with E-state index in [-0.39, 0.29) is 23.2 Å². The first-order valence-electron chi connectivity index (χ1n) is 7.97. The van der Waals surface area contributed by atoms with Gasteiger partial charge in [-0.25, -0.2) is 13.2 Å². The molecule has 2 aromatic carbocycles. The van der Waals surface area contributed by atoms with E-state index in [1.165, 1.54) is 24.6 Å². The van der Waals surface area contributed by atoms with Crippen molar-refractivity contribution in [1.82, 2.24) is 4.98 Å². The summed E-state index contributed by atoms with van der Waals surface area (Å²) in [7, 11) is 0. The molecule has 0 spiro atoms. The van der Waals surface area contributed by atoms with E-state index in [1.54, 1.807) is 18.2 Å². The second-order valence-corrected chi connectivity index (χ2v) is 6.07. The van der Waals surface area contributed by atoms with Gasteiger partial charge in [-0.15, -0.1) is 0 Å². The molecular weight excluding hydrogens is 329 g/mol. The SMILES string of the molecule is Fc1ccc(-c2cc3cc(F)cc(F)c3[nH]2)cc1.NC(=O)C1CCC1. The van der Waals surface area contributed by atoms with Crippen molar-refractivity contribution in [2.24, 2.45) is 11.7 Å². The van der Waals surface area contributed by atoms with Crippen molar-refractivity contribution >= 4 is 16.8 Å². The van der Waals surface area contributed by atoms with Gasteiger partial charge in [0.25, 0.3) is 0 Å². The lowest BCUT2D eigenvalue weighted by atomic mass is 9.85. The van der Waals surface area contributed by atoms with Gasteiger partial charge in [-0.05, 0) is 54.8 Å². The van der Waals surface area contributed by atoms with Crippen LogP contribution < -0.4 is 5.73 Å². The Kier molecular flexibility index (Phi) is 4.79. The van der Waals surface area contributed by atoms with Crippen LogP contribution in [0.5, 0.6) is 0 Å². The highest BCUT2D eigenvalue weighted by Crippen LogP contribution is 2.27. The summed E-state index contributed by atoms with van der Waals surface area (Å²) >= 11 is 0. The molecule has 1 aliphatic carbocycles. The van der Waals surface area contributed by atoms with Crippen LogP contribution in [0.4, 0.5) is 13.2 Å². The summed E-state index contributed by atoms with van der Waals surface area (Å²) < 4.78 is 39.4. The van der Waals surface area contributed by atoms with Crippen LogP contribution in [0.2, 0.25) is 0 Å². The number of nitrogens with one attached hydrogen (secondary N) is 1. The van der Waals surface area contributed by atoms with E-state index in [2.05, 4.69) is 4.98 Å². The molecule has 3 aromatic rings. The largest absolute Gasteiger partial charge is 0.369 e. The summed E-state index contributed by atoms with van der Waals surface area (Å²) in [6.45, 7) is 0. The van der Waals surface area contributed by atoms with Crippen LogP contribution in [0.15, 0.2) is 42.5 Å². The van der Waals surface area contributed by atoms with Gasteiger partial charge in [0.2, 0.25) is 5.91 Å². The maximum absolute atomic E-state index is 13.5. The second kappa shape index (κ2) is 7.01. The number of amides is 1. The molecule has 0 saturated heterocycles. The average Bonchev–Trinajstić information content (AvgIpc) is 2.90. The molecule has 130 valence electrons. The fraction of sp³-hybridized carbons (Fsp3) is 0.211. The zero-order valence-corrected chi connectivity index (χ0v) is 13.4. The molecule has 1 saturated carbocycles. The summed E-state index contributed by atoms with van der Waals surface area (Å²) in [5.41, 5.74) is 6.54. The highest BCUT2D eigenvalue weighted by molar-refractivity contribution is 5.86. The fourth-order valence-electron chi connectivity index (χ4n) is 2.64. The summed E-state index contributed by atoms with van der Waals surface area (Å²) in [5, 5.41) is 0.451. The number of hydrogen-bond donors (Lipinski definition) is 2. The number of benzene rings is 2. The number of rotatable bonds is 2. The van der Waals surface area contributed by atoms with Crippen molar-refractivity contribution in [3.63, 3.8) is 0 Å². The van der Waals surface area contributed by atoms with Gasteiger partial charge in [-0.1, -0.05) is 6.42 Å². The van der Waals surface area contributed by atoms with Crippen LogP contribution >= 0.6 is 0 Å². The van der Waals surface area contributed by atoms with E-state index in [1.807, 2.05) is 0 Å². The number of hydrogen-bond acceptors (Lipinski definition) is 1. The zero-order chi connectivity index (χ0) is 18.0. The highest BCUT2D eigenvalue weighted by atomic mass is 19.1. The molecule has 3 nitrogen and oxygen atoms in total. The molecule has 1 amide bonds. The maximum Gasteiger partial charge on any atom is 0.220 e. The number of halogens is 3. The Morgan fingerprint density at radius 3 is 2.20 bits per heavy atom. The molecule has 0 bridgehead atoms. The molecule has 4 rings (SSSR count). The van der Waals surface area contributed by atoms with E-state index in [9.17, 15) is 18.0 Å². The predicted octanol–water partition coefficient (Wildman–Crippen LogP) is 4.52. The first-order valence-corrected chi connectivity index (χ1v) is 7.97.